The number of ether oxygens (including phenoxy) is 1. The molecule has 0 aliphatic heterocycles. The van der Waals surface area contributed by atoms with Gasteiger partial charge in [-0.25, -0.2) is 0 Å². The molecule has 0 aliphatic rings. The number of halogens is 2. The first-order chi connectivity index (χ1) is 9.65. The van der Waals surface area contributed by atoms with Gasteiger partial charge in [-0.15, -0.1) is 0 Å². The highest BCUT2D eigenvalue weighted by Gasteiger charge is 2.07. The molecule has 0 saturated carbocycles. The van der Waals surface area contributed by atoms with Crippen LogP contribution in [0.2, 0.25) is 5.02 Å². The second-order valence-electron chi connectivity index (χ2n) is 4.42. The van der Waals surface area contributed by atoms with Crippen molar-refractivity contribution in [3.05, 3.63) is 70.2 Å². The van der Waals surface area contributed by atoms with Crippen LogP contribution in [-0.4, -0.2) is 5.24 Å². The minimum atomic E-state index is -0.392. The van der Waals surface area contributed by atoms with Crippen molar-refractivity contribution in [3.8, 4) is 0 Å². The van der Waals surface area contributed by atoms with Crippen LogP contribution in [0.25, 0.3) is 0 Å². The van der Waals surface area contributed by atoms with Crippen LogP contribution >= 0.6 is 23.2 Å². The zero-order valence-electron chi connectivity index (χ0n) is 10.8. The molecule has 2 aromatic carbocycles. The summed E-state index contributed by atoms with van der Waals surface area (Å²) >= 11 is 11.4. The Labute approximate surface area is 128 Å². The molecule has 2 aromatic rings. The van der Waals surface area contributed by atoms with E-state index in [1.54, 1.807) is 6.07 Å². The Balaban J connectivity index is 2.01. The highest BCUT2D eigenvalue weighted by Crippen LogP contribution is 2.19. The molecule has 2 rings (SSSR count). The number of hydrogen-bond acceptors (Lipinski definition) is 2. The van der Waals surface area contributed by atoms with Crippen molar-refractivity contribution < 1.29 is 9.53 Å². The zero-order valence-corrected chi connectivity index (χ0v) is 12.3. The van der Waals surface area contributed by atoms with Crippen LogP contribution in [0.1, 0.15) is 16.7 Å². The van der Waals surface area contributed by atoms with Crippen LogP contribution in [0.5, 0.6) is 0 Å². The number of carbonyl (C=O) groups is 1. The molecule has 0 atom stereocenters. The van der Waals surface area contributed by atoms with Gasteiger partial charge in [0.25, 0.3) is 0 Å². The Kier molecular flexibility index (Phi) is 5.60. The standard InChI is InChI=1S/C16H14Cl2O2/c17-15-7-6-13(9-16(18)19)14(8-15)11-20-10-12-4-2-1-3-5-12/h1-8H,9-11H2. The van der Waals surface area contributed by atoms with Gasteiger partial charge in [0.2, 0.25) is 5.24 Å². The molecule has 0 heterocycles. The lowest BCUT2D eigenvalue weighted by atomic mass is 10.1. The lowest BCUT2D eigenvalue weighted by Crippen LogP contribution is -2.02. The Bertz CT molecular complexity index is 582. The van der Waals surface area contributed by atoms with Gasteiger partial charge in [-0.2, -0.15) is 0 Å². The van der Waals surface area contributed by atoms with Crippen molar-refractivity contribution in [1.82, 2.24) is 0 Å². The van der Waals surface area contributed by atoms with Crippen LogP contribution in [0.15, 0.2) is 48.5 Å². The molecular weight excluding hydrogens is 295 g/mol. The molecule has 20 heavy (non-hydrogen) atoms. The van der Waals surface area contributed by atoms with Crippen molar-refractivity contribution >= 4 is 28.4 Å². The fourth-order valence-corrected chi connectivity index (χ4v) is 2.24. The van der Waals surface area contributed by atoms with E-state index in [0.29, 0.717) is 18.2 Å². The average Bonchev–Trinajstić information content (AvgIpc) is 2.42. The van der Waals surface area contributed by atoms with Crippen LogP contribution in [0, 0.1) is 0 Å². The monoisotopic (exact) mass is 308 g/mol. The number of rotatable bonds is 6. The van der Waals surface area contributed by atoms with Crippen molar-refractivity contribution in [2.45, 2.75) is 19.6 Å². The van der Waals surface area contributed by atoms with E-state index < -0.39 is 5.24 Å². The number of benzene rings is 2. The summed E-state index contributed by atoms with van der Waals surface area (Å²) in [5, 5.41) is 0.228. The summed E-state index contributed by atoms with van der Waals surface area (Å²) in [6, 6.07) is 15.3. The van der Waals surface area contributed by atoms with E-state index >= 15 is 0 Å². The molecule has 2 nitrogen and oxygen atoms in total. The number of hydrogen-bond donors (Lipinski definition) is 0. The van der Waals surface area contributed by atoms with Gasteiger partial charge in [0.1, 0.15) is 0 Å². The maximum Gasteiger partial charge on any atom is 0.226 e. The SMILES string of the molecule is O=C(Cl)Cc1ccc(Cl)cc1COCc1ccccc1. The molecular formula is C16H14Cl2O2. The van der Waals surface area contributed by atoms with Gasteiger partial charge < -0.3 is 4.74 Å². The molecule has 104 valence electrons. The topological polar surface area (TPSA) is 26.3 Å². The minimum absolute atomic E-state index is 0.183. The molecule has 0 aliphatic carbocycles. The van der Waals surface area contributed by atoms with Gasteiger partial charge >= 0.3 is 0 Å². The summed E-state index contributed by atoms with van der Waals surface area (Å²) in [5.74, 6) is 0. The third kappa shape index (κ3) is 4.64. The predicted molar refractivity (Wildman–Crippen MR) is 81.0 cm³/mol. The fourth-order valence-electron chi connectivity index (χ4n) is 1.90. The van der Waals surface area contributed by atoms with Gasteiger partial charge in [0.05, 0.1) is 13.2 Å². The van der Waals surface area contributed by atoms with Gasteiger partial charge in [0, 0.05) is 11.4 Å². The first-order valence-corrected chi connectivity index (χ1v) is 6.98. The summed E-state index contributed by atoms with van der Waals surface area (Å²) in [5.41, 5.74) is 2.84. The van der Waals surface area contributed by atoms with Gasteiger partial charge in [-0.1, -0.05) is 48.0 Å². The van der Waals surface area contributed by atoms with Crippen molar-refractivity contribution in [2.24, 2.45) is 0 Å². The van der Waals surface area contributed by atoms with E-state index in [0.717, 1.165) is 16.7 Å². The van der Waals surface area contributed by atoms with Crippen LogP contribution in [0.3, 0.4) is 0 Å². The zero-order chi connectivity index (χ0) is 14.4. The highest BCUT2D eigenvalue weighted by atomic mass is 35.5. The van der Waals surface area contributed by atoms with E-state index in [-0.39, 0.29) is 6.42 Å². The second-order valence-corrected chi connectivity index (χ2v) is 5.28. The Morgan fingerprint density at radius 1 is 1.00 bits per heavy atom. The molecule has 0 N–H and O–H groups in total. The van der Waals surface area contributed by atoms with Crippen LogP contribution in [-0.2, 0) is 29.2 Å². The molecule has 0 saturated heterocycles. The normalized spacial score (nSPS) is 10.5. The molecule has 0 aromatic heterocycles. The maximum absolute atomic E-state index is 11.0. The molecule has 0 unspecified atom stereocenters. The lowest BCUT2D eigenvalue weighted by molar-refractivity contribution is -0.111. The minimum Gasteiger partial charge on any atom is -0.372 e. The van der Waals surface area contributed by atoms with E-state index in [1.807, 2.05) is 42.5 Å². The van der Waals surface area contributed by atoms with Gasteiger partial charge in [0.15, 0.2) is 0 Å². The smallest absolute Gasteiger partial charge is 0.226 e. The summed E-state index contributed by atoms with van der Waals surface area (Å²) < 4.78 is 5.67. The maximum atomic E-state index is 11.0. The molecule has 0 bridgehead atoms. The number of carbonyl (C=O) groups excluding carboxylic acids is 1. The average molecular weight is 309 g/mol. The van der Waals surface area contributed by atoms with Gasteiger partial charge in [-0.05, 0) is 40.4 Å². The Morgan fingerprint density at radius 3 is 2.45 bits per heavy atom. The summed E-state index contributed by atoms with van der Waals surface area (Å²) in [7, 11) is 0. The Morgan fingerprint density at radius 2 is 1.75 bits per heavy atom. The summed E-state index contributed by atoms with van der Waals surface area (Å²) in [6.45, 7) is 0.913. The van der Waals surface area contributed by atoms with E-state index in [2.05, 4.69) is 0 Å². The van der Waals surface area contributed by atoms with Crippen LogP contribution < -0.4 is 0 Å². The highest BCUT2D eigenvalue weighted by molar-refractivity contribution is 6.63. The predicted octanol–water partition coefficient (Wildman–Crippen LogP) is 4.36. The molecule has 0 fully saturated rings. The Hall–Kier alpha value is -1.35. The third-order valence-electron chi connectivity index (χ3n) is 2.87. The summed E-state index contributed by atoms with van der Waals surface area (Å²) in [4.78, 5) is 11.0. The molecule has 0 radical (unpaired) electrons. The fraction of sp³-hybridized carbons (Fsp3) is 0.188. The first-order valence-electron chi connectivity index (χ1n) is 6.22. The second kappa shape index (κ2) is 7.44. The molecule has 0 amide bonds. The molecule has 0 spiro atoms. The van der Waals surface area contributed by atoms with E-state index in [1.165, 1.54) is 0 Å². The largest absolute Gasteiger partial charge is 0.372 e. The quantitative estimate of drug-likeness (QED) is 0.741. The van der Waals surface area contributed by atoms with E-state index in [9.17, 15) is 4.79 Å². The summed E-state index contributed by atoms with van der Waals surface area (Å²) in [6.07, 6.45) is 0.183. The van der Waals surface area contributed by atoms with Crippen molar-refractivity contribution in [2.75, 3.05) is 0 Å². The first kappa shape index (κ1) is 15.0. The van der Waals surface area contributed by atoms with Crippen molar-refractivity contribution in [3.63, 3.8) is 0 Å². The van der Waals surface area contributed by atoms with Crippen LogP contribution in [0.4, 0.5) is 0 Å². The van der Waals surface area contributed by atoms with Gasteiger partial charge in [-0.3, -0.25) is 4.79 Å². The molecule has 4 heteroatoms. The van der Waals surface area contributed by atoms with E-state index in [4.69, 9.17) is 27.9 Å². The third-order valence-corrected chi connectivity index (χ3v) is 3.24. The lowest BCUT2D eigenvalue weighted by Gasteiger charge is -2.09. The van der Waals surface area contributed by atoms with Crippen molar-refractivity contribution in [1.29, 1.82) is 0 Å².